The van der Waals surface area contributed by atoms with Crippen molar-refractivity contribution in [1.29, 1.82) is 0 Å². The Bertz CT molecular complexity index is 2520. The highest BCUT2D eigenvalue weighted by Gasteiger charge is 2.43. The molecule has 0 spiro atoms. The fraction of sp³-hybridized carbons (Fsp3) is 0.531. The smallest absolute Gasteiger partial charge is 0.324 e. The molecule has 6 bridgehead atoms. The van der Waals surface area contributed by atoms with Crippen LogP contribution in [0.4, 0.5) is 9.18 Å². The average Bonchev–Trinajstić information content (AvgIpc) is 4.03. The molecule has 1 aromatic carbocycles. The first-order chi connectivity index (χ1) is 31.9. The van der Waals surface area contributed by atoms with Crippen molar-refractivity contribution in [3.05, 3.63) is 70.8 Å². The Morgan fingerprint density at radius 1 is 1.16 bits per heavy atom. The number of alkyl halides is 1. The molecule has 2 saturated heterocycles. The van der Waals surface area contributed by atoms with Gasteiger partial charge < -0.3 is 34.1 Å². The minimum atomic E-state index is -1.50. The number of fused-ring (bicyclic) bond motifs is 6. The molecule has 16 nitrogen and oxygen atoms in total. The topological polar surface area (TPSA) is 172 Å². The van der Waals surface area contributed by atoms with Crippen molar-refractivity contribution in [2.75, 3.05) is 47.4 Å². The van der Waals surface area contributed by atoms with Crippen molar-refractivity contribution in [2.24, 2.45) is 11.3 Å². The van der Waals surface area contributed by atoms with Crippen molar-refractivity contribution >= 4 is 52.0 Å². The summed E-state index contributed by atoms with van der Waals surface area (Å²) in [6.45, 7) is 16.0. The van der Waals surface area contributed by atoms with Gasteiger partial charge in [-0.3, -0.25) is 29.2 Å². The number of pyridine rings is 1. The van der Waals surface area contributed by atoms with E-state index in [1.807, 2.05) is 24.4 Å². The van der Waals surface area contributed by atoms with Crippen LogP contribution in [0.1, 0.15) is 76.8 Å². The van der Waals surface area contributed by atoms with Crippen LogP contribution in [0.25, 0.3) is 33.4 Å². The van der Waals surface area contributed by atoms with Crippen molar-refractivity contribution < 1.29 is 37.8 Å². The number of methoxy groups -OCH3 is 1. The molecule has 0 radical (unpaired) electrons. The lowest BCUT2D eigenvalue weighted by atomic mass is 9.84. The summed E-state index contributed by atoms with van der Waals surface area (Å²) in [4.78, 5) is 82.9. The number of ether oxygens (including phenoxy) is 2. The third-order valence-electron chi connectivity index (χ3n) is 13.3. The lowest BCUT2D eigenvalue weighted by Crippen LogP contribution is -2.62. The van der Waals surface area contributed by atoms with Gasteiger partial charge in [0.25, 0.3) is 5.91 Å². The molecular weight excluding hydrogens is 878 g/mol. The van der Waals surface area contributed by atoms with E-state index >= 15 is 4.39 Å². The molecule has 6 atom stereocenters. The number of hydrazine groups is 1. The second-order valence-corrected chi connectivity index (χ2v) is 19.9. The number of nitrogens with zero attached hydrogens (tertiary/aromatic N) is 7. The summed E-state index contributed by atoms with van der Waals surface area (Å²) in [6.07, 6.45) is 2.62. The van der Waals surface area contributed by atoms with Gasteiger partial charge in [0.15, 0.2) is 0 Å². The maximum atomic E-state index is 15.3. The van der Waals surface area contributed by atoms with Crippen molar-refractivity contribution in [2.45, 2.75) is 110 Å². The van der Waals surface area contributed by atoms with Gasteiger partial charge in [0.05, 0.1) is 47.4 Å². The van der Waals surface area contributed by atoms with Crippen LogP contribution in [0.3, 0.4) is 0 Å². The van der Waals surface area contributed by atoms with Gasteiger partial charge in [-0.1, -0.05) is 40.3 Å². The molecule has 5 amide bonds. The Labute approximate surface area is 395 Å². The van der Waals surface area contributed by atoms with E-state index in [9.17, 15) is 24.0 Å². The number of rotatable bonds is 10. The molecule has 0 saturated carbocycles. The SMILES string of the molecule is C=CC(=O)N(C)[C@H]1CN(C(=O)N(C)C(C(=O)N[C@H]2Cc3nc(cs3)-c3ccc4c(c3)c(c(-c3cccnc3[C@H](C)OC)n4CC)CC(C)(C)COC(=O)[C@@H]3CCCN(N3)C2=O)C(C)C)C[C@@H]1F. The molecule has 6 heterocycles. The number of benzene rings is 1. The predicted octanol–water partition coefficient (Wildman–Crippen LogP) is 5.95. The molecule has 7 rings (SSSR count). The number of aromatic nitrogens is 3. The number of urea groups is 1. The summed E-state index contributed by atoms with van der Waals surface area (Å²) < 4.78 is 29.5. The third kappa shape index (κ3) is 10.1. The van der Waals surface area contributed by atoms with Crippen molar-refractivity contribution in [3.8, 4) is 22.5 Å². The molecule has 0 aliphatic carbocycles. The van der Waals surface area contributed by atoms with Crippen LogP contribution >= 0.6 is 11.3 Å². The first-order valence-corrected chi connectivity index (χ1v) is 23.9. The van der Waals surface area contributed by atoms with Crippen LogP contribution < -0.4 is 10.7 Å². The van der Waals surface area contributed by atoms with Crippen LogP contribution in [0.2, 0.25) is 0 Å². The number of nitrogens with one attached hydrogen (secondary N) is 2. The molecular formula is C49H64FN9O7S. The Morgan fingerprint density at radius 3 is 2.63 bits per heavy atom. The molecule has 3 aromatic heterocycles. The second-order valence-electron chi connectivity index (χ2n) is 19.0. The highest BCUT2D eigenvalue weighted by molar-refractivity contribution is 7.10. The van der Waals surface area contributed by atoms with E-state index in [-0.39, 0.29) is 38.8 Å². The van der Waals surface area contributed by atoms with Gasteiger partial charge in [-0.2, -0.15) is 0 Å². The number of carbonyl (C=O) groups excluding carboxylic acids is 5. The quantitative estimate of drug-likeness (QED) is 0.143. The second kappa shape index (κ2) is 20.2. The predicted molar refractivity (Wildman–Crippen MR) is 254 cm³/mol. The highest BCUT2D eigenvalue weighted by atomic mass is 32.1. The number of amides is 5. The molecule has 3 aliphatic heterocycles. The standard InChI is InChI=1S/C49H64FN9O7S/c1-11-41(60)55(8)39-25-57(24-34(39)50)48(64)56(9)43(28(3)4)45(61)53-36-22-40-52-37(26-67-40)30-17-18-38-32(21-30)33(44(58(38)12-2)31-15-13-19-51-42(31)29(5)65-10)23-49(6,7)27-66-47(63)35-16-14-20-59(54-35)46(36)62/h11,13,15,17-19,21,26,28-29,34-36,39,43,54H,1,12,14,16,20,22-25,27H2,2-10H3,(H,53,61)/t29-,34-,35-,36-,39-,43?/m0/s1. The number of cyclic esters (lactones) is 1. The van der Waals surface area contributed by atoms with Gasteiger partial charge in [-0.15, -0.1) is 11.3 Å². The Morgan fingerprint density at radius 2 is 1.93 bits per heavy atom. The highest BCUT2D eigenvalue weighted by Crippen LogP contribution is 2.42. The van der Waals surface area contributed by atoms with Crippen LogP contribution in [0.5, 0.6) is 0 Å². The minimum absolute atomic E-state index is 0.0194. The number of likely N-dealkylation sites (N-methyl/N-ethyl adjacent to an activating group) is 2. The first-order valence-electron chi connectivity index (χ1n) is 23.0. The summed E-state index contributed by atoms with van der Waals surface area (Å²) in [5, 5.41) is 7.89. The Hall–Kier alpha value is -5.72. The van der Waals surface area contributed by atoms with E-state index in [0.717, 1.165) is 45.1 Å². The lowest BCUT2D eigenvalue weighted by molar-refractivity contribution is -0.155. The fourth-order valence-electron chi connectivity index (χ4n) is 9.66. The fourth-order valence-corrected chi connectivity index (χ4v) is 10.5. The van der Waals surface area contributed by atoms with Crippen molar-refractivity contribution in [1.82, 2.24) is 45.0 Å². The molecule has 2 fully saturated rings. The monoisotopic (exact) mass is 941 g/mol. The zero-order valence-electron chi connectivity index (χ0n) is 40.0. The number of hydrogen-bond acceptors (Lipinski definition) is 11. The largest absolute Gasteiger partial charge is 0.464 e. The van der Waals surface area contributed by atoms with Crippen LogP contribution in [0.15, 0.2) is 54.6 Å². The maximum Gasteiger partial charge on any atom is 0.324 e. The molecule has 67 heavy (non-hydrogen) atoms. The molecule has 360 valence electrons. The lowest BCUT2D eigenvalue weighted by Gasteiger charge is -2.37. The molecule has 3 aliphatic rings. The van der Waals surface area contributed by atoms with E-state index in [1.165, 1.54) is 45.1 Å². The van der Waals surface area contributed by atoms with Gasteiger partial charge in [-0.05, 0) is 74.9 Å². The zero-order valence-corrected chi connectivity index (χ0v) is 40.8. The Balaban J connectivity index is 1.25. The van der Waals surface area contributed by atoms with Crippen LogP contribution in [-0.4, -0.2) is 142 Å². The van der Waals surface area contributed by atoms with Gasteiger partial charge in [-0.25, -0.2) is 19.6 Å². The summed E-state index contributed by atoms with van der Waals surface area (Å²) in [5.41, 5.74) is 9.05. The number of hydrogen-bond donors (Lipinski definition) is 2. The maximum absolute atomic E-state index is 15.3. The van der Waals surface area contributed by atoms with Gasteiger partial charge >= 0.3 is 12.0 Å². The third-order valence-corrected chi connectivity index (χ3v) is 14.2. The molecule has 4 aromatic rings. The molecule has 1 unspecified atom stereocenters. The van der Waals surface area contributed by atoms with Crippen LogP contribution in [-0.2, 0) is 48.0 Å². The number of carbonyl (C=O) groups is 5. The number of likely N-dealkylation sites (tertiary alicyclic amines) is 1. The van der Waals surface area contributed by atoms with Gasteiger partial charge in [0.2, 0.25) is 11.8 Å². The summed E-state index contributed by atoms with van der Waals surface area (Å²) in [6, 6.07) is 5.80. The summed E-state index contributed by atoms with van der Waals surface area (Å²) >= 11 is 1.37. The molecule has 18 heteroatoms. The number of halogens is 1. The minimum Gasteiger partial charge on any atom is -0.464 e. The van der Waals surface area contributed by atoms with E-state index in [1.54, 1.807) is 27.2 Å². The number of thiazole rings is 1. The van der Waals surface area contributed by atoms with Crippen LogP contribution in [0, 0.1) is 11.3 Å². The average molecular weight is 942 g/mol. The van der Waals surface area contributed by atoms with Crippen molar-refractivity contribution in [3.63, 3.8) is 0 Å². The van der Waals surface area contributed by atoms with E-state index in [4.69, 9.17) is 19.4 Å². The summed E-state index contributed by atoms with van der Waals surface area (Å²) in [7, 11) is 4.61. The number of aryl methyl sites for hydroxylation is 1. The van der Waals surface area contributed by atoms with Gasteiger partial charge in [0.1, 0.15) is 24.3 Å². The van der Waals surface area contributed by atoms with E-state index < -0.39 is 71.4 Å². The summed E-state index contributed by atoms with van der Waals surface area (Å²) in [5.74, 6) is -2.44. The normalized spacial score (nSPS) is 22.0. The zero-order chi connectivity index (χ0) is 48.5. The van der Waals surface area contributed by atoms with E-state index in [0.29, 0.717) is 36.5 Å². The number of esters is 1. The Kier molecular flexibility index (Phi) is 14.9. The first kappa shape index (κ1) is 49.2. The van der Waals surface area contributed by atoms with Gasteiger partial charge in [0, 0.05) is 86.3 Å². The van der Waals surface area contributed by atoms with E-state index in [2.05, 4.69) is 60.9 Å². The molecule has 2 N–H and O–H groups in total.